The molecule has 11 aromatic carbocycles. The van der Waals surface area contributed by atoms with Crippen LogP contribution < -0.4 is 31.5 Å². The normalized spacial score (nSPS) is 15.1. The van der Waals surface area contributed by atoms with Crippen molar-refractivity contribution in [2.45, 2.75) is 50.9 Å². The van der Waals surface area contributed by atoms with Gasteiger partial charge in [-0.05, 0) is 165 Å². The van der Waals surface area contributed by atoms with Gasteiger partial charge in [0, 0.05) is 46.6 Å². The van der Waals surface area contributed by atoms with Crippen molar-refractivity contribution in [3.63, 3.8) is 0 Å². The van der Waals surface area contributed by atoms with E-state index in [9.17, 15) is 0 Å². The first-order valence-electron chi connectivity index (χ1n) is 30.0. The average molecular weight is 1080 g/mol. The van der Waals surface area contributed by atoms with Gasteiger partial charge in [-0.15, -0.1) is 0 Å². The minimum Gasteiger partial charge on any atom is -0.388 e. The molecule has 1 N–H and O–H groups in total. The number of hydrogen-bond acceptors (Lipinski definition) is 3. The Balaban J connectivity index is 1.03. The summed E-state index contributed by atoms with van der Waals surface area (Å²) in [6, 6.07) is 89.2. The molecule has 4 heteroatoms. The average Bonchev–Trinajstić information content (AvgIpc) is 1.45. The minimum atomic E-state index is -0.599. The summed E-state index contributed by atoms with van der Waals surface area (Å²) in [6.07, 6.45) is 4.48. The Bertz CT molecular complexity index is 4610. The summed E-state index contributed by atoms with van der Waals surface area (Å²) in [7, 11) is 2.05. The number of anilines is 7. The smallest absolute Gasteiger partial charge is 0.252 e. The van der Waals surface area contributed by atoms with Gasteiger partial charge in [-0.25, -0.2) is 0 Å². The zero-order valence-corrected chi connectivity index (χ0v) is 48.4. The monoisotopic (exact) mass is 1080 g/mol. The number of fused-ring (bicyclic) bond motifs is 24. The molecule has 0 fully saturated rings. The molecule has 11 aromatic rings. The lowest BCUT2D eigenvalue weighted by atomic mass is 9.33. The molecule has 3 nitrogen and oxygen atoms in total. The number of benzene rings is 11. The van der Waals surface area contributed by atoms with Crippen LogP contribution in [0.4, 0.5) is 39.8 Å². The molecule has 0 saturated carbocycles. The molecule has 0 saturated heterocycles. The van der Waals surface area contributed by atoms with E-state index >= 15 is 0 Å². The van der Waals surface area contributed by atoms with Crippen LogP contribution in [0, 0.1) is 5.92 Å². The Morgan fingerprint density at radius 1 is 0.440 bits per heavy atom. The van der Waals surface area contributed by atoms with E-state index < -0.39 is 10.8 Å². The van der Waals surface area contributed by atoms with Crippen molar-refractivity contribution in [3.8, 4) is 44.5 Å². The molecule has 17 rings (SSSR count). The third-order valence-corrected chi connectivity index (χ3v) is 19.8. The Labute approximate surface area is 494 Å². The fourth-order valence-electron chi connectivity index (χ4n) is 16.6. The second-order valence-corrected chi connectivity index (χ2v) is 25.3. The molecule has 2 spiro atoms. The lowest BCUT2D eigenvalue weighted by Crippen LogP contribution is -2.61. The molecule has 2 aliphatic heterocycles. The van der Waals surface area contributed by atoms with Gasteiger partial charge in [-0.2, -0.15) is 0 Å². The van der Waals surface area contributed by atoms with Crippen LogP contribution >= 0.6 is 0 Å². The van der Waals surface area contributed by atoms with Crippen LogP contribution in [-0.4, -0.2) is 13.8 Å². The molecule has 0 radical (unpaired) electrons. The van der Waals surface area contributed by atoms with Crippen molar-refractivity contribution < 1.29 is 0 Å². The first-order chi connectivity index (χ1) is 41.1. The molecule has 4 aliphatic carbocycles. The summed E-state index contributed by atoms with van der Waals surface area (Å²) in [5.74, 6) is 0.274. The second-order valence-electron chi connectivity index (χ2n) is 25.3. The topological polar surface area (TPSA) is 18.5 Å². The number of rotatable bonds is 6. The van der Waals surface area contributed by atoms with Crippen LogP contribution in [0.25, 0.3) is 50.1 Å². The van der Waals surface area contributed by atoms with Gasteiger partial charge in [-0.1, -0.05) is 241 Å². The van der Waals surface area contributed by atoms with E-state index in [0.29, 0.717) is 0 Å². The van der Waals surface area contributed by atoms with Gasteiger partial charge in [0.05, 0.1) is 22.2 Å². The highest BCUT2D eigenvalue weighted by Crippen LogP contribution is 2.68. The van der Waals surface area contributed by atoms with Gasteiger partial charge in [0.25, 0.3) is 6.71 Å². The first kappa shape index (κ1) is 49.0. The summed E-state index contributed by atoms with van der Waals surface area (Å²) in [6.45, 7) is 16.1. The maximum atomic E-state index is 4.59. The molecular weight excluding hydrogens is 1010 g/mol. The molecule has 0 aromatic heterocycles. The second kappa shape index (κ2) is 17.5. The highest BCUT2D eigenvalue weighted by Gasteiger charge is 2.57. The molecule has 0 unspecified atom stereocenters. The molecule has 0 atom stereocenters. The molecule has 400 valence electrons. The van der Waals surface area contributed by atoms with Crippen molar-refractivity contribution >= 4 is 68.5 Å². The Hall–Kier alpha value is -9.64. The predicted octanol–water partition coefficient (Wildman–Crippen LogP) is 18.0. The highest BCUT2D eigenvalue weighted by atomic mass is 15.2. The molecule has 0 amide bonds. The number of hydrogen-bond donors (Lipinski definition) is 1. The fraction of sp³-hybridized carbons (Fsp3) is 0.125. The van der Waals surface area contributed by atoms with E-state index in [0.717, 1.165) is 16.8 Å². The number of allylic oxidation sites excluding steroid dienone is 3. The lowest BCUT2D eigenvalue weighted by molar-refractivity contribution is 0.590. The molecular formula is C80H62BN3. The van der Waals surface area contributed by atoms with E-state index in [4.69, 9.17) is 0 Å². The van der Waals surface area contributed by atoms with Gasteiger partial charge in [-0.3, -0.25) is 0 Å². The van der Waals surface area contributed by atoms with Crippen LogP contribution in [0.3, 0.4) is 0 Å². The largest absolute Gasteiger partial charge is 0.388 e. The predicted molar refractivity (Wildman–Crippen MR) is 354 cm³/mol. The van der Waals surface area contributed by atoms with Gasteiger partial charge >= 0.3 is 0 Å². The van der Waals surface area contributed by atoms with E-state index in [2.05, 4.69) is 306 Å². The lowest BCUT2D eigenvalue weighted by Gasteiger charge is -2.46. The zero-order valence-electron chi connectivity index (χ0n) is 48.4. The van der Waals surface area contributed by atoms with E-state index in [1.807, 2.05) is 0 Å². The summed E-state index contributed by atoms with van der Waals surface area (Å²) in [5.41, 5.74) is 35.1. The van der Waals surface area contributed by atoms with Gasteiger partial charge in [0.15, 0.2) is 0 Å². The number of nitrogens with zero attached hydrogens (tertiary/aromatic N) is 2. The minimum absolute atomic E-state index is 0.116. The van der Waals surface area contributed by atoms with Gasteiger partial charge in [0.1, 0.15) is 0 Å². The molecule has 6 aliphatic rings. The first-order valence-corrected chi connectivity index (χ1v) is 30.0. The summed E-state index contributed by atoms with van der Waals surface area (Å²) in [4.78, 5) is 5.40. The zero-order chi connectivity index (χ0) is 56.5. The standard InChI is InChI=1S/C80H62BN3/c1-8-49(43-48(2)3)50-44-73-77-74(45-50)84(70-38-22-30-60-58-28-14-20-36-66(58)80(76(60)70)63-33-17-11-25-55(63)56-26-12-18-34-64(56)80)72-47-52(82-7)40-42-68(72)81(77)67-41-39-51(78(4,5)6)46-71(67)83(73)69-37-21-29-59-57-27-13-19-35-65(57)79(75(59)69)61-31-15-9-23-53(61)54-24-10-16-32-62(54)79/h8-48,82H,1H2,2-7H3/b49-43+. The van der Waals surface area contributed by atoms with Gasteiger partial charge < -0.3 is 15.1 Å². The third kappa shape index (κ3) is 6.17. The summed E-state index contributed by atoms with van der Waals surface area (Å²) < 4.78 is 0. The Morgan fingerprint density at radius 3 is 1.21 bits per heavy atom. The quantitative estimate of drug-likeness (QED) is 0.132. The van der Waals surface area contributed by atoms with E-state index in [1.165, 1.54) is 145 Å². The van der Waals surface area contributed by atoms with Crippen molar-refractivity contribution in [3.05, 3.63) is 305 Å². The van der Waals surface area contributed by atoms with Crippen LogP contribution in [0.2, 0.25) is 0 Å². The molecule has 84 heavy (non-hydrogen) atoms. The van der Waals surface area contributed by atoms with E-state index in [-0.39, 0.29) is 18.0 Å². The molecule has 0 bridgehead atoms. The van der Waals surface area contributed by atoms with Crippen molar-refractivity contribution in [2.24, 2.45) is 5.92 Å². The van der Waals surface area contributed by atoms with Crippen molar-refractivity contribution in [2.75, 3.05) is 22.2 Å². The van der Waals surface area contributed by atoms with Crippen molar-refractivity contribution in [1.29, 1.82) is 0 Å². The van der Waals surface area contributed by atoms with Crippen LogP contribution in [0.15, 0.2) is 249 Å². The molecule has 2 heterocycles. The maximum absolute atomic E-state index is 4.59. The van der Waals surface area contributed by atoms with Crippen LogP contribution in [0.5, 0.6) is 0 Å². The summed E-state index contributed by atoms with van der Waals surface area (Å²) >= 11 is 0. The fourth-order valence-corrected chi connectivity index (χ4v) is 16.6. The maximum Gasteiger partial charge on any atom is 0.252 e. The Kier molecular flexibility index (Phi) is 10.2. The Morgan fingerprint density at radius 2 is 0.821 bits per heavy atom. The van der Waals surface area contributed by atoms with E-state index in [1.54, 1.807) is 0 Å². The number of nitrogens with one attached hydrogen (secondary N) is 1. The van der Waals surface area contributed by atoms with Crippen LogP contribution in [0.1, 0.15) is 90.3 Å². The summed E-state index contributed by atoms with van der Waals surface area (Å²) in [5, 5.41) is 3.62. The third-order valence-electron chi connectivity index (χ3n) is 19.8. The van der Waals surface area contributed by atoms with Crippen LogP contribution in [-0.2, 0) is 16.2 Å². The van der Waals surface area contributed by atoms with Gasteiger partial charge in [0.2, 0.25) is 0 Å². The van der Waals surface area contributed by atoms with Crippen molar-refractivity contribution in [1.82, 2.24) is 0 Å². The highest BCUT2D eigenvalue weighted by molar-refractivity contribution is 7.00. The SMILES string of the molecule is C=C/C(=C\C(C)C)c1cc2c3c(c1)N(c1cccc4c1C1(c5ccccc5-c5ccccc51)c1ccccc1-4)c1cc(C(C)(C)C)ccc1B3c1ccc(NC)cc1N2c1cccc2c1C1(c3ccccc3-c3ccccc31)c1ccccc1-2.